The summed E-state index contributed by atoms with van der Waals surface area (Å²) in [5, 5.41) is 9.18. The standard InChI is InChI=1S/C13H23NO3/c1-4-5-6-14-8-11(13(16)17)10(12(14)15)7-9(2)3/h9-11H,4-8H2,1-3H3,(H,16,17). The van der Waals surface area contributed by atoms with Gasteiger partial charge < -0.3 is 10.0 Å². The number of unbranched alkanes of at least 4 members (excludes halogenated alkanes) is 1. The number of carbonyl (C=O) groups is 2. The first-order valence-corrected chi connectivity index (χ1v) is 6.49. The highest BCUT2D eigenvalue weighted by atomic mass is 16.4. The van der Waals surface area contributed by atoms with Crippen molar-refractivity contribution in [3.05, 3.63) is 0 Å². The van der Waals surface area contributed by atoms with Gasteiger partial charge in [-0.25, -0.2) is 0 Å². The maximum atomic E-state index is 12.1. The predicted octanol–water partition coefficient (Wildman–Crippen LogP) is 1.99. The summed E-state index contributed by atoms with van der Waals surface area (Å²) in [7, 11) is 0. The predicted molar refractivity (Wildman–Crippen MR) is 65.6 cm³/mol. The molecule has 4 heteroatoms. The molecule has 0 aromatic heterocycles. The Balaban J connectivity index is 2.71. The van der Waals surface area contributed by atoms with Gasteiger partial charge in [-0.05, 0) is 18.8 Å². The summed E-state index contributed by atoms with van der Waals surface area (Å²) in [5.74, 6) is -1.26. The molecule has 1 aliphatic heterocycles. The molecule has 1 N–H and O–H groups in total. The van der Waals surface area contributed by atoms with E-state index in [1.165, 1.54) is 0 Å². The van der Waals surface area contributed by atoms with Crippen LogP contribution in [0, 0.1) is 17.8 Å². The molecule has 0 aliphatic carbocycles. The molecule has 1 amide bonds. The third-order valence-electron chi connectivity index (χ3n) is 3.36. The second-order valence-corrected chi connectivity index (χ2v) is 5.32. The average molecular weight is 241 g/mol. The Labute approximate surface area is 103 Å². The Bertz CT molecular complexity index is 288. The van der Waals surface area contributed by atoms with Gasteiger partial charge in [0, 0.05) is 13.1 Å². The molecule has 2 unspecified atom stereocenters. The van der Waals surface area contributed by atoms with Crippen molar-refractivity contribution in [3.8, 4) is 0 Å². The van der Waals surface area contributed by atoms with Crippen LogP contribution in [0.2, 0.25) is 0 Å². The van der Waals surface area contributed by atoms with E-state index in [0.717, 1.165) is 12.8 Å². The Hall–Kier alpha value is -1.06. The van der Waals surface area contributed by atoms with Gasteiger partial charge in [0.2, 0.25) is 5.91 Å². The molecule has 1 heterocycles. The van der Waals surface area contributed by atoms with E-state index in [9.17, 15) is 14.7 Å². The molecule has 2 atom stereocenters. The monoisotopic (exact) mass is 241 g/mol. The highest BCUT2D eigenvalue weighted by Gasteiger charge is 2.43. The number of rotatable bonds is 6. The van der Waals surface area contributed by atoms with Crippen LogP contribution in [0.4, 0.5) is 0 Å². The molecule has 0 aromatic rings. The molecule has 0 bridgehead atoms. The van der Waals surface area contributed by atoms with Crippen LogP contribution in [-0.4, -0.2) is 35.0 Å². The molecule has 1 saturated heterocycles. The van der Waals surface area contributed by atoms with E-state index >= 15 is 0 Å². The number of aliphatic carboxylic acids is 1. The van der Waals surface area contributed by atoms with Gasteiger partial charge in [-0.2, -0.15) is 0 Å². The second kappa shape index (κ2) is 6.03. The normalized spacial score (nSPS) is 24.7. The van der Waals surface area contributed by atoms with Crippen molar-refractivity contribution in [3.63, 3.8) is 0 Å². The van der Waals surface area contributed by atoms with Gasteiger partial charge in [-0.3, -0.25) is 9.59 Å². The summed E-state index contributed by atoms with van der Waals surface area (Å²) < 4.78 is 0. The van der Waals surface area contributed by atoms with Crippen molar-refractivity contribution in [2.75, 3.05) is 13.1 Å². The zero-order valence-corrected chi connectivity index (χ0v) is 11.0. The van der Waals surface area contributed by atoms with E-state index in [1.807, 2.05) is 13.8 Å². The summed E-state index contributed by atoms with van der Waals surface area (Å²) in [6.07, 6.45) is 2.65. The minimum absolute atomic E-state index is 0.0413. The molecule has 0 aromatic carbocycles. The van der Waals surface area contributed by atoms with Gasteiger partial charge in [-0.1, -0.05) is 27.2 Å². The first kappa shape index (κ1) is 14.0. The van der Waals surface area contributed by atoms with Crippen LogP contribution in [0.3, 0.4) is 0 Å². The van der Waals surface area contributed by atoms with Gasteiger partial charge in [0.05, 0.1) is 11.8 Å². The first-order chi connectivity index (χ1) is 7.97. The number of hydrogen-bond acceptors (Lipinski definition) is 2. The molecule has 17 heavy (non-hydrogen) atoms. The van der Waals surface area contributed by atoms with Crippen LogP contribution in [-0.2, 0) is 9.59 Å². The van der Waals surface area contributed by atoms with Crippen molar-refractivity contribution in [1.82, 2.24) is 4.90 Å². The Morgan fingerprint density at radius 3 is 2.65 bits per heavy atom. The van der Waals surface area contributed by atoms with Crippen LogP contribution >= 0.6 is 0 Å². The smallest absolute Gasteiger partial charge is 0.309 e. The van der Waals surface area contributed by atoms with Crippen molar-refractivity contribution < 1.29 is 14.7 Å². The SMILES string of the molecule is CCCCN1CC(C(=O)O)C(CC(C)C)C1=O. The number of amides is 1. The Kier molecular flexibility index (Phi) is 4.97. The fraction of sp³-hybridized carbons (Fsp3) is 0.846. The number of hydrogen-bond donors (Lipinski definition) is 1. The molecule has 1 fully saturated rings. The van der Waals surface area contributed by atoms with E-state index in [1.54, 1.807) is 4.90 Å². The van der Waals surface area contributed by atoms with E-state index in [2.05, 4.69) is 6.92 Å². The number of carboxylic acids is 1. The van der Waals surface area contributed by atoms with Crippen molar-refractivity contribution in [1.29, 1.82) is 0 Å². The fourth-order valence-corrected chi connectivity index (χ4v) is 2.43. The highest BCUT2D eigenvalue weighted by molar-refractivity contribution is 5.88. The van der Waals surface area contributed by atoms with Crippen LogP contribution < -0.4 is 0 Å². The zero-order valence-electron chi connectivity index (χ0n) is 11.0. The lowest BCUT2D eigenvalue weighted by molar-refractivity contribution is -0.144. The molecule has 0 spiro atoms. The van der Waals surface area contributed by atoms with E-state index < -0.39 is 11.9 Å². The largest absolute Gasteiger partial charge is 0.481 e. The fourth-order valence-electron chi connectivity index (χ4n) is 2.43. The molecular formula is C13H23NO3. The van der Waals surface area contributed by atoms with E-state index in [4.69, 9.17) is 0 Å². The van der Waals surface area contributed by atoms with Gasteiger partial charge in [0.15, 0.2) is 0 Å². The molecule has 4 nitrogen and oxygen atoms in total. The van der Waals surface area contributed by atoms with Gasteiger partial charge in [0.25, 0.3) is 0 Å². The number of nitrogens with zero attached hydrogens (tertiary/aromatic N) is 1. The van der Waals surface area contributed by atoms with Crippen molar-refractivity contribution in [2.45, 2.75) is 40.0 Å². The Morgan fingerprint density at radius 1 is 1.53 bits per heavy atom. The van der Waals surface area contributed by atoms with Crippen molar-refractivity contribution >= 4 is 11.9 Å². The molecule has 1 rings (SSSR count). The lowest BCUT2D eigenvalue weighted by Crippen LogP contribution is -2.28. The quantitative estimate of drug-likeness (QED) is 0.773. The minimum atomic E-state index is -0.831. The summed E-state index contributed by atoms with van der Waals surface area (Å²) >= 11 is 0. The molecular weight excluding hydrogens is 218 g/mol. The summed E-state index contributed by atoms with van der Waals surface area (Å²) in [5.41, 5.74) is 0. The second-order valence-electron chi connectivity index (χ2n) is 5.32. The van der Waals surface area contributed by atoms with Crippen molar-refractivity contribution in [2.24, 2.45) is 17.8 Å². The van der Waals surface area contributed by atoms with Gasteiger partial charge in [-0.15, -0.1) is 0 Å². The molecule has 0 saturated carbocycles. The number of likely N-dealkylation sites (tertiary alicyclic amines) is 1. The van der Waals surface area contributed by atoms with E-state index in [-0.39, 0.29) is 11.8 Å². The molecule has 0 radical (unpaired) electrons. The van der Waals surface area contributed by atoms with E-state index in [0.29, 0.717) is 25.4 Å². The molecule has 98 valence electrons. The summed E-state index contributed by atoms with van der Waals surface area (Å²) in [6.45, 7) is 7.22. The number of carbonyl (C=O) groups excluding carboxylic acids is 1. The van der Waals surface area contributed by atoms with Crippen LogP contribution in [0.1, 0.15) is 40.0 Å². The maximum Gasteiger partial charge on any atom is 0.309 e. The number of carboxylic acid groups (broad SMARTS) is 1. The summed E-state index contributed by atoms with van der Waals surface area (Å²) in [6, 6.07) is 0. The lowest BCUT2D eigenvalue weighted by atomic mass is 9.88. The van der Waals surface area contributed by atoms with Gasteiger partial charge >= 0.3 is 5.97 Å². The topological polar surface area (TPSA) is 57.6 Å². The maximum absolute atomic E-state index is 12.1. The average Bonchev–Trinajstić information content (AvgIpc) is 2.53. The lowest BCUT2D eigenvalue weighted by Gasteiger charge is -2.16. The zero-order chi connectivity index (χ0) is 13.0. The van der Waals surface area contributed by atoms with Crippen LogP contribution in [0.15, 0.2) is 0 Å². The highest BCUT2D eigenvalue weighted by Crippen LogP contribution is 2.30. The van der Waals surface area contributed by atoms with Crippen LogP contribution in [0.25, 0.3) is 0 Å². The van der Waals surface area contributed by atoms with Gasteiger partial charge in [0.1, 0.15) is 0 Å². The third kappa shape index (κ3) is 3.45. The Morgan fingerprint density at radius 2 is 2.18 bits per heavy atom. The third-order valence-corrected chi connectivity index (χ3v) is 3.36. The molecule has 1 aliphatic rings. The first-order valence-electron chi connectivity index (χ1n) is 6.49. The summed E-state index contributed by atoms with van der Waals surface area (Å²) in [4.78, 5) is 25.0. The minimum Gasteiger partial charge on any atom is -0.481 e. The van der Waals surface area contributed by atoms with Crippen LogP contribution in [0.5, 0.6) is 0 Å².